The number of cyclic esters (lactones) is 2. The van der Waals surface area contributed by atoms with Gasteiger partial charge in [0, 0.05) is 74.8 Å². The number of pyridine rings is 5. The third-order valence-electron chi connectivity index (χ3n) is 9.27. The van der Waals surface area contributed by atoms with Crippen molar-refractivity contribution in [1.29, 1.82) is 0 Å². The number of nitrogen functional groups attached to an aromatic ring is 2. The van der Waals surface area contributed by atoms with E-state index in [1.807, 2.05) is 5.43 Å². The minimum atomic E-state index is -4.54. The van der Waals surface area contributed by atoms with Gasteiger partial charge in [-0.05, 0) is 142 Å². The molecule has 0 fully saturated rings. The number of nitrogens with two attached hydrogens (primary N) is 2. The minimum Gasteiger partial charge on any atom is -0.618 e. The Labute approximate surface area is 546 Å². The monoisotopic (exact) mass is 1730 g/mol. The maximum Gasteiger partial charge on any atom is 0.422 e. The molecule has 0 saturated carbocycles. The summed E-state index contributed by atoms with van der Waals surface area (Å²) in [6.07, 6.45) is -21.9. The Kier molecular flexibility index (Phi) is 34.3. The average molecular weight is 1730 g/mol. The van der Waals surface area contributed by atoms with Crippen LogP contribution < -0.4 is 32.7 Å². The number of alkyl halides is 15. The number of hydrazine groups is 3. The fraction of sp³-hybridized carbons (Fsp3) is 0.250. The predicted octanol–water partition coefficient (Wildman–Crippen LogP) is 17.5. The highest BCUT2D eigenvalue weighted by Crippen LogP contribution is 2.68. The van der Waals surface area contributed by atoms with Crippen molar-refractivity contribution in [3.05, 3.63) is 151 Å². The van der Waals surface area contributed by atoms with Crippen molar-refractivity contribution in [2.45, 2.75) is 73.4 Å². The maximum absolute atomic E-state index is 12.6. The van der Waals surface area contributed by atoms with E-state index in [9.17, 15) is 94.8 Å². The van der Waals surface area contributed by atoms with E-state index in [4.69, 9.17) is 46.5 Å². The van der Waals surface area contributed by atoms with Crippen LogP contribution in [0.1, 0.15) is 70.4 Å². The van der Waals surface area contributed by atoms with E-state index < -0.39 is 96.1 Å². The summed E-state index contributed by atoms with van der Waals surface area (Å²) in [4.78, 5) is 58.5. The van der Waals surface area contributed by atoms with E-state index in [2.05, 4.69) is 130 Å². The third-order valence-corrected chi connectivity index (χ3v) is 11.8. The molecule has 0 radical (unpaired) electrons. The van der Waals surface area contributed by atoms with Crippen molar-refractivity contribution in [3.8, 4) is 0 Å². The van der Waals surface area contributed by atoms with E-state index >= 15 is 0 Å². The summed E-state index contributed by atoms with van der Waals surface area (Å²) in [5.41, 5.74) is 3.20. The first kappa shape index (κ1) is 84.6. The standard InChI is InChI=1S/C12H9BrF3N3O2.C6H2BrClF3N.C6H5BrF3N3.C6H5ClF3N3.C6H3ClF3NO.C6H6O3.2CH4.Br3OP/c1-5-6(2)11(21)19(10(5)20)18-8-4-3-7(9(13)17-8)12(14,15)16;7-5-3(6(9,10)11)1-2-4(8)12-5;7-5-3(6(8,9)10)1-2-4(12-5)13-11;7-4-2-1-3(6(8,9)10)5(12-4)13-11;7-5-2-1-4(3-11(5)12)6(8,9)10;1-3-4(2)6(8)9-5(3)7;;;1-5(2,3)4/h3-4H,1-2H3,(H,17,18);1-2H;2*1-2H,11H2,(H,12,13);1-3H;1-2H3;2*1H4;. The van der Waals surface area contributed by atoms with E-state index in [-0.39, 0.29) is 67.0 Å². The Morgan fingerprint density at radius 2 is 0.874 bits per heavy atom. The molecule has 0 atom stereocenters. The fourth-order valence-electron chi connectivity index (χ4n) is 4.97. The third kappa shape index (κ3) is 28.5. The van der Waals surface area contributed by atoms with E-state index in [1.165, 1.54) is 13.8 Å². The second-order valence-electron chi connectivity index (χ2n) is 15.0. The van der Waals surface area contributed by atoms with Crippen molar-refractivity contribution in [2.24, 2.45) is 11.7 Å². The molecule has 0 bridgehead atoms. The van der Waals surface area contributed by atoms with Crippen molar-refractivity contribution in [2.75, 3.05) is 16.3 Å². The number of rotatable bonds is 4. The largest absolute Gasteiger partial charge is 0.618 e. The molecule has 0 unspecified atom stereocenters. The van der Waals surface area contributed by atoms with Gasteiger partial charge >= 0.3 is 42.8 Å². The highest BCUT2D eigenvalue weighted by Gasteiger charge is 2.38. The number of aromatic nitrogens is 5. The zero-order chi connectivity index (χ0) is 66.3. The number of hydrogen-bond acceptors (Lipinski definition) is 16. The quantitative estimate of drug-likeness (QED) is 0.0107. The van der Waals surface area contributed by atoms with Gasteiger partial charge in [0.15, 0.2) is 12.0 Å². The number of amides is 2. The molecule has 7 N–H and O–H groups in total. The lowest BCUT2D eigenvalue weighted by atomic mass is 10.2. The molecule has 0 saturated heterocycles. The van der Waals surface area contributed by atoms with E-state index in [1.54, 1.807) is 13.8 Å². The van der Waals surface area contributed by atoms with Crippen LogP contribution in [-0.4, -0.2) is 48.7 Å². The number of nitrogens with zero attached hydrogens (tertiary/aromatic N) is 6. The summed E-state index contributed by atoms with van der Waals surface area (Å²) in [6.45, 7) is 6.13. The van der Waals surface area contributed by atoms with Gasteiger partial charge in [-0.3, -0.25) is 19.6 Å². The van der Waals surface area contributed by atoms with Crippen LogP contribution in [0.4, 0.5) is 83.3 Å². The summed E-state index contributed by atoms with van der Waals surface area (Å²) >= 11 is 32.3. The molecule has 5 aromatic rings. The molecule has 0 spiro atoms. The van der Waals surface area contributed by atoms with Crippen LogP contribution in [0.5, 0.6) is 0 Å². The molecule has 7 rings (SSSR count). The van der Waals surface area contributed by atoms with Crippen LogP contribution >= 0.6 is 132 Å². The zero-order valence-electron chi connectivity index (χ0n) is 41.6. The van der Waals surface area contributed by atoms with Crippen molar-refractivity contribution >= 4 is 174 Å². The van der Waals surface area contributed by atoms with E-state index in [0.717, 1.165) is 60.7 Å². The summed E-state index contributed by atoms with van der Waals surface area (Å²) in [7, 11) is 0. The first-order chi connectivity index (χ1) is 38.5. The number of ether oxygens (including phenoxy) is 1. The van der Waals surface area contributed by atoms with Crippen molar-refractivity contribution < 1.29 is 99.1 Å². The lowest BCUT2D eigenvalue weighted by molar-refractivity contribution is -0.604. The summed E-state index contributed by atoms with van der Waals surface area (Å²) in [6, 6.07) is 9.35. The van der Waals surface area contributed by atoms with Gasteiger partial charge in [-0.25, -0.2) is 41.2 Å². The van der Waals surface area contributed by atoms with Crippen molar-refractivity contribution in [1.82, 2.24) is 24.9 Å². The normalized spacial score (nSPS) is 13.1. The van der Waals surface area contributed by atoms with E-state index in [0.29, 0.717) is 22.4 Å². The molecule has 43 heteroatoms. The SMILES string of the molecule is C.C.CC1=C(C)C(=O)N(Nc2ccc(C(F)(F)F)c(Br)n2)C1=O.CC1=C(C)C(=O)OC1=O.FC(F)(F)c1ccc(Cl)nc1Br.NNc1ccc(C(F)(F)F)c(Br)n1.NNc1nc(Cl)ccc1C(F)(F)F.O=P(Br)(Br)Br.[O-][n+]1cc(C(F)(F)F)ccc1Cl. The second kappa shape index (κ2) is 35.2. The first-order valence-electron chi connectivity index (χ1n) is 20.9. The first-order valence-corrected chi connectivity index (χ1v) is 32.2. The molecule has 0 aliphatic carbocycles. The molecule has 2 aliphatic rings. The highest BCUT2D eigenvalue weighted by molar-refractivity contribution is 9.94. The number of anilines is 3. The van der Waals surface area contributed by atoms with Crippen LogP contribution in [-0.2, 0) is 59.4 Å². The number of carbonyl (C=O) groups excluding carboxylic acids is 4. The lowest BCUT2D eigenvalue weighted by Gasteiger charge is -2.17. The molecule has 0 aromatic carbocycles. The van der Waals surface area contributed by atoms with Crippen molar-refractivity contribution in [3.63, 3.8) is 0 Å². The van der Waals surface area contributed by atoms with Gasteiger partial charge < -0.3 is 20.8 Å². The van der Waals surface area contributed by atoms with Crippen LogP contribution in [0, 0.1) is 5.21 Å². The molecule has 18 nitrogen and oxygen atoms in total. The van der Waals surface area contributed by atoms with Gasteiger partial charge in [0.1, 0.15) is 41.3 Å². The number of hydrogen-bond donors (Lipinski definition) is 5. The summed E-state index contributed by atoms with van der Waals surface area (Å²) in [5, 5.41) is 11.0. The van der Waals surface area contributed by atoms with Gasteiger partial charge in [0.05, 0.1) is 22.3 Å². The molecular weight excluding hydrogens is 1700 g/mol. The van der Waals surface area contributed by atoms with Crippen LogP contribution in [0.2, 0.25) is 15.5 Å². The molecule has 2 aliphatic heterocycles. The second-order valence-corrected chi connectivity index (χ2v) is 36.8. The van der Waals surface area contributed by atoms with Crippen LogP contribution in [0.15, 0.2) is 103 Å². The Balaban J connectivity index is 0. The molecule has 7 heterocycles. The average Bonchev–Trinajstić information content (AvgIpc) is 3.15. The van der Waals surface area contributed by atoms with Gasteiger partial charge in [-0.2, -0.15) is 75.6 Å². The Morgan fingerprint density at radius 1 is 0.529 bits per heavy atom. The molecule has 2 amide bonds. The lowest BCUT2D eigenvalue weighted by Crippen LogP contribution is -2.37. The number of esters is 2. The molecule has 87 heavy (non-hydrogen) atoms. The van der Waals surface area contributed by atoms with Gasteiger partial charge in [-0.1, -0.05) is 38.1 Å². The smallest absolute Gasteiger partial charge is 0.422 e. The van der Waals surface area contributed by atoms with Gasteiger partial charge in [-0.15, -0.1) is 0 Å². The maximum atomic E-state index is 12.6. The number of imide groups is 1. The predicted molar refractivity (Wildman–Crippen MR) is 312 cm³/mol. The van der Waals surface area contributed by atoms with Gasteiger partial charge in [0.25, 0.3) is 20.2 Å². The molecule has 484 valence electrons. The fourth-order valence-corrected chi connectivity index (χ4v) is 7.12. The Morgan fingerprint density at radius 3 is 1.18 bits per heavy atom. The zero-order valence-corrected chi connectivity index (χ0v) is 54.2. The Hall–Kier alpha value is -4.44. The Bertz CT molecular complexity index is 3310. The topological polar surface area (TPSA) is 264 Å². The van der Waals surface area contributed by atoms with Crippen LogP contribution in [0.3, 0.4) is 0 Å². The summed E-state index contributed by atoms with van der Waals surface area (Å²) < 4.78 is 194. The number of halogens is 24. The minimum absolute atomic E-state index is 0. The van der Waals surface area contributed by atoms with Crippen LogP contribution in [0.25, 0.3) is 0 Å². The summed E-state index contributed by atoms with van der Waals surface area (Å²) in [5.74, 6) is 7.28. The highest BCUT2D eigenvalue weighted by atomic mass is 80.0. The molecular formula is C44H38Br6Cl3F15N11O7P. The van der Waals surface area contributed by atoms with Gasteiger partial charge in [0.2, 0.25) is 0 Å². The number of nitrogens with one attached hydrogen (secondary N) is 3. The number of carbonyl (C=O) groups is 4. The molecule has 5 aromatic heterocycles.